The first kappa shape index (κ1) is 18.8. The highest BCUT2D eigenvalue weighted by molar-refractivity contribution is 7.91. The summed E-state index contributed by atoms with van der Waals surface area (Å²) in [6.45, 7) is 1.90. The molecular weight excluding hydrogens is 382 g/mol. The van der Waals surface area contributed by atoms with Gasteiger partial charge >= 0.3 is 0 Å². The zero-order valence-electron chi connectivity index (χ0n) is 14.4. The van der Waals surface area contributed by atoms with Gasteiger partial charge in [0.2, 0.25) is 9.84 Å². The maximum Gasteiger partial charge on any atom is 0.272 e. The standard InChI is InChI=1S/C19H17N3O3S2/c1-13-4-8-15(9-5-13)27(24,25)16-10-6-14(7-11-16)21-22-18(23)17-3-2-12-20-19(17)26/h2-12,21H,1H3,(H,20,26)(H,22,23). The van der Waals surface area contributed by atoms with Gasteiger partial charge in [-0.2, -0.15) is 0 Å². The minimum atomic E-state index is -3.59. The number of hydrogen-bond donors (Lipinski definition) is 3. The van der Waals surface area contributed by atoms with Gasteiger partial charge in [-0.15, -0.1) is 0 Å². The Kier molecular flexibility index (Phi) is 5.38. The molecule has 138 valence electrons. The Balaban J connectivity index is 1.72. The van der Waals surface area contributed by atoms with Gasteiger partial charge in [0.25, 0.3) is 5.91 Å². The SMILES string of the molecule is Cc1ccc(S(=O)(=O)c2ccc(NNC(=O)c3ccc[nH]c3=S)cc2)cc1. The number of hydrazine groups is 1. The average molecular weight is 399 g/mol. The van der Waals surface area contributed by atoms with Crippen molar-refractivity contribution in [3.05, 3.63) is 82.6 Å². The third-order valence-corrected chi connectivity index (χ3v) is 6.00. The van der Waals surface area contributed by atoms with Crippen molar-refractivity contribution in [2.75, 3.05) is 5.43 Å². The van der Waals surface area contributed by atoms with E-state index >= 15 is 0 Å². The topological polar surface area (TPSA) is 91.1 Å². The van der Waals surface area contributed by atoms with Crippen LogP contribution >= 0.6 is 12.2 Å². The van der Waals surface area contributed by atoms with Crippen LogP contribution in [0.2, 0.25) is 0 Å². The second-order valence-electron chi connectivity index (χ2n) is 5.83. The van der Waals surface area contributed by atoms with Crippen molar-refractivity contribution in [2.45, 2.75) is 16.7 Å². The second-order valence-corrected chi connectivity index (χ2v) is 8.19. The number of aryl methyl sites for hydroxylation is 1. The zero-order chi connectivity index (χ0) is 19.4. The molecule has 3 N–H and O–H groups in total. The van der Waals surface area contributed by atoms with Crippen molar-refractivity contribution in [3.63, 3.8) is 0 Å². The number of benzene rings is 2. The largest absolute Gasteiger partial charge is 0.352 e. The zero-order valence-corrected chi connectivity index (χ0v) is 16.0. The lowest BCUT2D eigenvalue weighted by molar-refractivity contribution is 0.0962. The molecule has 2 aromatic carbocycles. The van der Waals surface area contributed by atoms with Gasteiger partial charge in [-0.1, -0.05) is 29.9 Å². The van der Waals surface area contributed by atoms with Crippen LogP contribution < -0.4 is 10.9 Å². The number of amides is 1. The molecule has 3 aromatic rings. The van der Waals surface area contributed by atoms with Crippen LogP contribution in [0.4, 0.5) is 5.69 Å². The van der Waals surface area contributed by atoms with Crippen LogP contribution in [-0.4, -0.2) is 19.3 Å². The highest BCUT2D eigenvalue weighted by Gasteiger charge is 2.17. The second kappa shape index (κ2) is 7.73. The van der Waals surface area contributed by atoms with E-state index < -0.39 is 15.7 Å². The van der Waals surface area contributed by atoms with Crippen LogP contribution in [0.3, 0.4) is 0 Å². The van der Waals surface area contributed by atoms with E-state index in [1.54, 1.807) is 54.7 Å². The fourth-order valence-electron chi connectivity index (χ4n) is 2.37. The van der Waals surface area contributed by atoms with Crippen molar-refractivity contribution in [2.24, 2.45) is 0 Å². The number of carbonyl (C=O) groups is 1. The van der Waals surface area contributed by atoms with Crippen molar-refractivity contribution in [1.29, 1.82) is 0 Å². The summed E-state index contributed by atoms with van der Waals surface area (Å²) < 4.78 is 25.6. The van der Waals surface area contributed by atoms with Gasteiger partial charge in [0, 0.05) is 6.20 Å². The van der Waals surface area contributed by atoms with Crippen molar-refractivity contribution in [1.82, 2.24) is 10.4 Å². The van der Waals surface area contributed by atoms with Gasteiger partial charge in [0.05, 0.1) is 21.0 Å². The molecule has 8 heteroatoms. The van der Waals surface area contributed by atoms with Crippen LogP contribution in [-0.2, 0) is 9.84 Å². The van der Waals surface area contributed by atoms with E-state index in [2.05, 4.69) is 15.8 Å². The van der Waals surface area contributed by atoms with Gasteiger partial charge in [-0.25, -0.2) is 8.42 Å². The molecule has 0 saturated heterocycles. The Labute approximate surface area is 162 Å². The molecule has 1 aromatic heterocycles. The number of H-pyrrole nitrogens is 1. The molecule has 0 aliphatic carbocycles. The van der Waals surface area contributed by atoms with E-state index in [0.717, 1.165) is 5.56 Å². The summed E-state index contributed by atoms with van der Waals surface area (Å²) in [5.74, 6) is -0.395. The normalized spacial score (nSPS) is 11.0. The molecular formula is C19H17N3O3S2. The number of aromatic nitrogens is 1. The molecule has 0 radical (unpaired) electrons. The lowest BCUT2D eigenvalue weighted by atomic mass is 10.2. The van der Waals surface area contributed by atoms with Crippen molar-refractivity contribution in [3.8, 4) is 0 Å². The molecule has 0 aliphatic heterocycles. The minimum absolute atomic E-state index is 0.175. The van der Waals surface area contributed by atoms with E-state index in [0.29, 0.717) is 15.9 Å². The minimum Gasteiger partial charge on any atom is -0.352 e. The number of rotatable bonds is 5. The quantitative estimate of drug-likeness (QED) is 0.450. The molecule has 1 amide bonds. The first-order chi connectivity index (χ1) is 12.9. The predicted octanol–water partition coefficient (Wildman–Crippen LogP) is 3.64. The Hall–Kier alpha value is -2.97. The van der Waals surface area contributed by atoms with Crippen LogP contribution in [0, 0.1) is 11.6 Å². The number of carbonyl (C=O) groups excluding carboxylic acids is 1. The van der Waals surface area contributed by atoms with Crippen molar-refractivity contribution >= 4 is 33.6 Å². The van der Waals surface area contributed by atoms with Gasteiger partial charge in [-0.3, -0.25) is 15.6 Å². The highest BCUT2D eigenvalue weighted by Crippen LogP contribution is 2.22. The Morgan fingerprint density at radius 1 is 0.963 bits per heavy atom. The number of pyridine rings is 1. The van der Waals surface area contributed by atoms with Gasteiger partial charge in [-0.05, 0) is 55.5 Å². The summed E-state index contributed by atoms with van der Waals surface area (Å²) in [7, 11) is -3.59. The molecule has 0 spiro atoms. The predicted molar refractivity (Wildman–Crippen MR) is 106 cm³/mol. The van der Waals surface area contributed by atoms with E-state index in [-0.39, 0.29) is 9.79 Å². The molecule has 27 heavy (non-hydrogen) atoms. The van der Waals surface area contributed by atoms with E-state index in [9.17, 15) is 13.2 Å². The first-order valence-electron chi connectivity index (χ1n) is 8.04. The molecule has 6 nitrogen and oxygen atoms in total. The van der Waals surface area contributed by atoms with Gasteiger partial charge in [0.15, 0.2) is 0 Å². The lowest BCUT2D eigenvalue weighted by Crippen LogP contribution is -2.29. The molecule has 0 saturated carbocycles. The number of aromatic amines is 1. The number of hydrogen-bond acceptors (Lipinski definition) is 5. The molecule has 0 bridgehead atoms. The molecule has 3 rings (SSSR count). The maximum absolute atomic E-state index is 12.6. The third-order valence-electron chi connectivity index (χ3n) is 3.88. The lowest BCUT2D eigenvalue weighted by Gasteiger charge is -2.10. The fraction of sp³-hybridized carbons (Fsp3) is 0.0526. The van der Waals surface area contributed by atoms with E-state index in [1.807, 2.05) is 6.92 Å². The molecule has 0 unspecified atom stereocenters. The van der Waals surface area contributed by atoms with Gasteiger partial charge in [0.1, 0.15) is 4.64 Å². The third kappa shape index (κ3) is 4.24. The Morgan fingerprint density at radius 3 is 2.15 bits per heavy atom. The van der Waals surface area contributed by atoms with Gasteiger partial charge < -0.3 is 4.98 Å². The average Bonchev–Trinajstić information content (AvgIpc) is 2.67. The van der Waals surface area contributed by atoms with Crippen LogP contribution in [0.25, 0.3) is 0 Å². The molecule has 0 fully saturated rings. The highest BCUT2D eigenvalue weighted by atomic mass is 32.2. The van der Waals surface area contributed by atoms with Crippen LogP contribution in [0.15, 0.2) is 76.7 Å². The summed E-state index contributed by atoms with van der Waals surface area (Å²) in [6.07, 6.45) is 1.64. The summed E-state index contributed by atoms with van der Waals surface area (Å²) in [5, 5.41) is 0. The maximum atomic E-state index is 12.6. The number of anilines is 1. The smallest absolute Gasteiger partial charge is 0.272 e. The summed E-state index contributed by atoms with van der Waals surface area (Å²) in [6, 6.07) is 16.1. The number of sulfone groups is 1. The molecule has 0 atom stereocenters. The Morgan fingerprint density at radius 2 is 1.56 bits per heavy atom. The summed E-state index contributed by atoms with van der Waals surface area (Å²) in [5.41, 5.74) is 7.13. The molecule has 0 aliphatic rings. The monoisotopic (exact) mass is 399 g/mol. The fourth-order valence-corrected chi connectivity index (χ4v) is 3.86. The summed E-state index contributed by atoms with van der Waals surface area (Å²) in [4.78, 5) is 15.3. The van der Waals surface area contributed by atoms with Crippen LogP contribution in [0.5, 0.6) is 0 Å². The first-order valence-corrected chi connectivity index (χ1v) is 9.93. The van der Waals surface area contributed by atoms with E-state index in [1.165, 1.54) is 12.1 Å². The van der Waals surface area contributed by atoms with E-state index in [4.69, 9.17) is 12.2 Å². The molecule has 1 heterocycles. The van der Waals surface area contributed by atoms with Crippen LogP contribution in [0.1, 0.15) is 15.9 Å². The van der Waals surface area contributed by atoms with Crippen molar-refractivity contribution < 1.29 is 13.2 Å². The Bertz CT molecular complexity index is 1120. The summed E-state index contributed by atoms with van der Waals surface area (Å²) >= 11 is 5.06. The number of nitrogens with one attached hydrogen (secondary N) is 3.